The molecule has 1 aliphatic rings. The molecular weight excluding hydrogens is 419 g/mol. The van der Waals surface area contributed by atoms with Crippen LogP contribution in [0.25, 0.3) is 10.2 Å². The lowest BCUT2D eigenvalue weighted by Gasteiger charge is -2.31. The zero-order chi connectivity index (χ0) is 21.1. The SMILES string of the molecule is CC(C)Sc1ccc(CC(=O)N2CCC(Oc3nc4c(F)cccc4s3)CC2)cc1. The molecule has 2 heterocycles. The molecule has 4 rings (SSSR count). The third-order valence-electron chi connectivity index (χ3n) is 5.06. The van der Waals surface area contributed by atoms with Crippen molar-refractivity contribution in [2.75, 3.05) is 13.1 Å². The molecule has 0 aliphatic carbocycles. The van der Waals surface area contributed by atoms with Crippen LogP contribution in [0.2, 0.25) is 0 Å². The maximum absolute atomic E-state index is 13.8. The average molecular weight is 445 g/mol. The van der Waals surface area contributed by atoms with Gasteiger partial charge in [0.05, 0.1) is 11.1 Å². The van der Waals surface area contributed by atoms with Crippen LogP contribution in [0.5, 0.6) is 5.19 Å². The summed E-state index contributed by atoms with van der Waals surface area (Å²) in [7, 11) is 0. The number of thiazole rings is 1. The van der Waals surface area contributed by atoms with Crippen LogP contribution in [0.15, 0.2) is 47.4 Å². The molecule has 1 fully saturated rings. The molecular formula is C23H25FN2O2S2. The number of carbonyl (C=O) groups is 1. The Morgan fingerprint density at radius 2 is 1.97 bits per heavy atom. The van der Waals surface area contributed by atoms with Gasteiger partial charge in [-0.3, -0.25) is 4.79 Å². The molecule has 0 saturated carbocycles. The van der Waals surface area contributed by atoms with Crippen molar-refractivity contribution in [3.05, 3.63) is 53.8 Å². The maximum atomic E-state index is 13.8. The number of hydrogen-bond donors (Lipinski definition) is 0. The van der Waals surface area contributed by atoms with Crippen molar-refractivity contribution < 1.29 is 13.9 Å². The number of carbonyl (C=O) groups excluding carboxylic acids is 1. The van der Waals surface area contributed by atoms with E-state index in [1.165, 1.54) is 22.3 Å². The largest absolute Gasteiger partial charge is 0.467 e. The van der Waals surface area contributed by atoms with E-state index < -0.39 is 0 Å². The van der Waals surface area contributed by atoms with Crippen LogP contribution in [-0.4, -0.2) is 40.2 Å². The average Bonchev–Trinajstić information content (AvgIpc) is 3.13. The molecule has 7 heteroatoms. The van der Waals surface area contributed by atoms with E-state index in [-0.39, 0.29) is 17.8 Å². The number of likely N-dealkylation sites (tertiary alicyclic amines) is 1. The van der Waals surface area contributed by atoms with E-state index in [2.05, 4.69) is 31.0 Å². The molecule has 0 bridgehead atoms. The molecule has 0 unspecified atom stereocenters. The Morgan fingerprint density at radius 3 is 2.63 bits per heavy atom. The molecule has 2 aromatic carbocycles. The van der Waals surface area contributed by atoms with Crippen LogP contribution in [-0.2, 0) is 11.2 Å². The fourth-order valence-electron chi connectivity index (χ4n) is 3.56. The lowest BCUT2D eigenvalue weighted by atomic mass is 10.1. The van der Waals surface area contributed by atoms with Crippen molar-refractivity contribution in [2.24, 2.45) is 0 Å². The lowest BCUT2D eigenvalue weighted by molar-refractivity contribution is -0.132. The zero-order valence-corrected chi connectivity index (χ0v) is 18.8. The van der Waals surface area contributed by atoms with Gasteiger partial charge < -0.3 is 9.64 Å². The number of hydrogen-bond acceptors (Lipinski definition) is 5. The third kappa shape index (κ3) is 5.13. The van der Waals surface area contributed by atoms with Gasteiger partial charge in [0.25, 0.3) is 5.19 Å². The van der Waals surface area contributed by atoms with Gasteiger partial charge >= 0.3 is 0 Å². The number of fused-ring (bicyclic) bond motifs is 1. The van der Waals surface area contributed by atoms with Gasteiger partial charge in [0.15, 0.2) is 0 Å². The maximum Gasteiger partial charge on any atom is 0.274 e. The Kier molecular flexibility index (Phi) is 6.58. The van der Waals surface area contributed by atoms with Crippen molar-refractivity contribution in [1.82, 2.24) is 9.88 Å². The minimum absolute atomic E-state index is 0.00464. The van der Waals surface area contributed by atoms with E-state index in [1.807, 2.05) is 34.9 Å². The predicted molar refractivity (Wildman–Crippen MR) is 121 cm³/mol. The number of piperidine rings is 1. The van der Waals surface area contributed by atoms with E-state index >= 15 is 0 Å². The quantitative estimate of drug-likeness (QED) is 0.468. The van der Waals surface area contributed by atoms with Gasteiger partial charge in [-0.1, -0.05) is 43.4 Å². The van der Waals surface area contributed by atoms with Crippen molar-refractivity contribution in [3.63, 3.8) is 0 Å². The third-order valence-corrected chi connectivity index (χ3v) is 6.99. The second-order valence-electron chi connectivity index (χ2n) is 7.75. The number of benzene rings is 2. The number of ether oxygens (including phenoxy) is 1. The van der Waals surface area contributed by atoms with Gasteiger partial charge in [-0.25, -0.2) is 4.39 Å². The van der Waals surface area contributed by atoms with Gasteiger partial charge in [0.1, 0.15) is 17.4 Å². The Balaban J connectivity index is 1.28. The first-order valence-corrected chi connectivity index (χ1v) is 11.9. The number of nitrogens with zero attached hydrogens (tertiary/aromatic N) is 2. The number of aromatic nitrogens is 1. The highest BCUT2D eigenvalue weighted by molar-refractivity contribution is 7.99. The summed E-state index contributed by atoms with van der Waals surface area (Å²) in [6, 6.07) is 13.2. The Labute approximate surface area is 184 Å². The summed E-state index contributed by atoms with van der Waals surface area (Å²) in [4.78, 5) is 20.1. The summed E-state index contributed by atoms with van der Waals surface area (Å²) < 4.78 is 20.6. The molecule has 1 aliphatic heterocycles. The van der Waals surface area contributed by atoms with Crippen LogP contribution in [0.1, 0.15) is 32.3 Å². The Hall–Kier alpha value is -2.12. The van der Waals surface area contributed by atoms with Gasteiger partial charge in [-0.15, -0.1) is 11.8 Å². The van der Waals surface area contributed by atoms with Crippen LogP contribution >= 0.6 is 23.1 Å². The highest BCUT2D eigenvalue weighted by Crippen LogP contribution is 2.31. The molecule has 1 aromatic heterocycles. The molecule has 158 valence electrons. The monoisotopic (exact) mass is 444 g/mol. The lowest BCUT2D eigenvalue weighted by Crippen LogP contribution is -2.42. The summed E-state index contributed by atoms with van der Waals surface area (Å²) in [6.07, 6.45) is 1.95. The summed E-state index contributed by atoms with van der Waals surface area (Å²) in [5, 5.41) is 1.04. The predicted octanol–water partition coefficient (Wildman–Crippen LogP) is 5.55. The van der Waals surface area contributed by atoms with Crippen molar-refractivity contribution >= 4 is 39.2 Å². The Bertz CT molecular complexity index is 1010. The molecule has 1 saturated heterocycles. The second kappa shape index (κ2) is 9.35. The molecule has 0 N–H and O–H groups in total. The first-order chi connectivity index (χ1) is 14.5. The van der Waals surface area contributed by atoms with Crippen LogP contribution in [0.4, 0.5) is 4.39 Å². The van der Waals surface area contributed by atoms with E-state index in [1.54, 1.807) is 6.07 Å². The molecule has 4 nitrogen and oxygen atoms in total. The number of rotatable bonds is 6. The smallest absolute Gasteiger partial charge is 0.274 e. The molecule has 30 heavy (non-hydrogen) atoms. The number of amides is 1. The molecule has 0 spiro atoms. The highest BCUT2D eigenvalue weighted by Gasteiger charge is 2.25. The summed E-state index contributed by atoms with van der Waals surface area (Å²) in [5.74, 6) is -0.172. The summed E-state index contributed by atoms with van der Waals surface area (Å²) in [5.41, 5.74) is 1.41. The summed E-state index contributed by atoms with van der Waals surface area (Å²) >= 11 is 3.19. The fourth-order valence-corrected chi connectivity index (χ4v) is 5.29. The van der Waals surface area contributed by atoms with Gasteiger partial charge in [0.2, 0.25) is 5.91 Å². The van der Waals surface area contributed by atoms with Gasteiger partial charge in [0, 0.05) is 36.1 Å². The molecule has 0 radical (unpaired) electrons. The first-order valence-electron chi connectivity index (χ1n) is 10.2. The minimum Gasteiger partial charge on any atom is -0.467 e. The number of para-hydroxylation sites is 1. The highest BCUT2D eigenvalue weighted by atomic mass is 32.2. The zero-order valence-electron chi connectivity index (χ0n) is 17.1. The summed E-state index contributed by atoms with van der Waals surface area (Å²) in [6.45, 7) is 5.68. The van der Waals surface area contributed by atoms with Gasteiger partial charge in [-0.2, -0.15) is 4.98 Å². The molecule has 1 amide bonds. The van der Waals surface area contributed by atoms with Gasteiger partial charge in [-0.05, 0) is 29.8 Å². The standard InChI is InChI=1S/C23H25FN2O2S2/c1-15(2)29-18-8-6-16(7-9-18)14-21(27)26-12-10-17(11-13-26)28-23-25-22-19(24)4-3-5-20(22)30-23/h3-9,15,17H,10-14H2,1-2H3. The van der Waals surface area contributed by atoms with E-state index in [4.69, 9.17) is 4.74 Å². The van der Waals surface area contributed by atoms with Crippen molar-refractivity contribution in [1.29, 1.82) is 0 Å². The van der Waals surface area contributed by atoms with Crippen LogP contribution < -0.4 is 4.74 Å². The van der Waals surface area contributed by atoms with Crippen molar-refractivity contribution in [3.8, 4) is 5.19 Å². The first kappa shape index (κ1) is 21.1. The van der Waals surface area contributed by atoms with E-state index in [0.717, 1.165) is 23.1 Å². The Morgan fingerprint density at radius 1 is 1.23 bits per heavy atom. The fraction of sp³-hybridized carbons (Fsp3) is 0.391. The van der Waals surface area contributed by atoms with E-state index in [9.17, 15) is 9.18 Å². The number of thioether (sulfide) groups is 1. The molecule has 3 aromatic rings. The topological polar surface area (TPSA) is 42.4 Å². The van der Waals surface area contributed by atoms with Crippen LogP contribution in [0.3, 0.4) is 0 Å². The van der Waals surface area contributed by atoms with E-state index in [0.29, 0.717) is 35.5 Å². The number of halogens is 1. The second-order valence-corrected chi connectivity index (χ2v) is 10.4. The van der Waals surface area contributed by atoms with Crippen LogP contribution in [0, 0.1) is 5.82 Å². The normalized spacial score (nSPS) is 15.1. The minimum atomic E-state index is -0.324. The van der Waals surface area contributed by atoms with Crippen molar-refractivity contribution in [2.45, 2.75) is 49.4 Å². The molecule has 0 atom stereocenters.